The zero-order valence-electron chi connectivity index (χ0n) is 16.8. The third kappa shape index (κ3) is 4.63. The summed E-state index contributed by atoms with van der Waals surface area (Å²) in [6.45, 7) is 1.56. The molecule has 7 heteroatoms. The minimum absolute atomic E-state index is 0.0501. The van der Waals surface area contributed by atoms with Crippen molar-refractivity contribution in [3.63, 3.8) is 0 Å². The molecule has 1 aliphatic heterocycles. The number of ether oxygens (including phenoxy) is 2. The predicted octanol–water partition coefficient (Wildman–Crippen LogP) is 3.39. The molecular weight excluding hydrogens is 384 g/mol. The molecule has 0 aliphatic carbocycles. The van der Waals surface area contributed by atoms with Crippen LogP contribution in [0.2, 0.25) is 0 Å². The van der Waals surface area contributed by atoms with Crippen LogP contribution in [0.1, 0.15) is 22.5 Å². The number of rotatable bonds is 7. The van der Waals surface area contributed by atoms with Crippen molar-refractivity contribution in [3.05, 3.63) is 59.9 Å². The Labute approximate surface area is 174 Å². The number of hydrogen-bond donors (Lipinski definition) is 2. The number of nitrogens with one attached hydrogen (secondary N) is 2. The van der Waals surface area contributed by atoms with E-state index in [2.05, 4.69) is 10.6 Å². The van der Waals surface area contributed by atoms with Gasteiger partial charge in [0.15, 0.2) is 5.76 Å². The SMILES string of the molecule is COc1cccc(CCNC(=O)c2cc3cc(NC(=O)C4CCOC4)ccc3o2)c1. The molecular formula is C23H24N2O5. The van der Waals surface area contributed by atoms with Crippen molar-refractivity contribution in [1.82, 2.24) is 5.32 Å². The summed E-state index contributed by atoms with van der Waals surface area (Å²) in [5, 5.41) is 6.54. The number of benzene rings is 2. The molecule has 1 unspecified atom stereocenters. The Kier molecular flexibility index (Phi) is 5.99. The fraction of sp³-hybridized carbons (Fsp3) is 0.304. The molecule has 2 amide bonds. The topological polar surface area (TPSA) is 89.8 Å². The van der Waals surface area contributed by atoms with Gasteiger partial charge >= 0.3 is 0 Å². The van der Waals surface area contributed by atoms with Crippen molar-refractivity contribution in [3.8, 4) is 5.75 Å². The number of anilines is 1. The lowest BCUT2D eigenvalue weighted by molar-refractivity contribution is -0.119. The van der Waals surface area contributed by atoms with E-state index in [1.807, 2.05) is 24.3 Å². The smallest absolute Gasteiger partial charge is 0.287 e. The molecule has 1 fully saturated rings. The average molecular weight is 408 g/mol. The van der Waals surface area contributed by atoms with Gasteiger partial charge in [0.1, 0.15) is 11.3 Å². The normalized spacial score (nSPS) is 15.8. The van der Waals surface area contributed by atoms with E-state index in [0.717, 1.165) is 23.1 Å². The van der Waals surface area contributed by atoms with Crippen LogP contribution in [0, 0.1) is 5.92 Å². The maximum absolute atomic E-state index is 12.5. The van der Waals surface area contributed by atoms with Crippen molar-refractivity contribution in [2.75, 3.05) is 32.2 Å². The van der Waals surface area contributed by atoms with Crippen LogP contribution in [0.25, 0.3) is 11.0 Å². The molecule has 30 heavy (non-hydrogen) atoms. The van der Waals surface area contributed by atoms with Gasteiger partial charge in [0.25, 0.3) is 5.91 Å². The minimum Gasteiger partial charge on any atom is -0.497 e. The maximum Gasteiger partial charge on any atom is 0.287 e. The van der Waals surface area contributed by atoms with Crippen LogP contribution >= 0.6 is 0 Å². The fourth-order valence-corrected chi connectivity index (χ4v) is 3.45. The number of furan rings is 1. The number of fused-ring (bicyclic) bond motifs is 1. The largest absolute Gasteiger partial charge is 0.497 e. The summed E-state index contributed by atoms with van der Waals surface area (Å²) in [7, 11) is 1.63. The van der Waals surface area contributed by atoms with E-state index in [0.29, 0.717) is 37.4 Å². The summed E-state index contributed by atoms with van der Waals surface area (Å²) in [6.07, 6.45) is 1.42. The first-order valence-corrected chi connectivity index (χ1v) is 9.96. The minimum atomic E-state index is -0.275. The van der Waals surface area contributed by atoms with Gasteiger partial charge in [-0.05, 0) is 54.8 Å². The lowest BCUT2D eigenvalue weighted by Gasteiger charge is -2.09. The lowest BCUT2D eigenvalue weighted by atomic mass is 10.1. The Morgan fingerprint density at radius 3 is 2.87 bits per heavy atom. The van der Waals surface area contributed by atoms with E-state index < -0.39 is 0 Å². The molecule has 1 saturated heterocycles. The highest BCUT2D eigenvalue weighted by molar-refractivity contribution is 5.98. The molecule has 1 atom stereocenters. The van der Waals surface area contributed by atoms with Crippen LogP contribution in [-0.4, -0.2) is 38.7 Å². The Morgan fingerprint density at radius 2 is 2.07 bits per heavy atom. The third-order valence-electron chi connectivity index (χ3n) is 5.14. The highest BCUT2D eigenvalue weighted by Crippen LogP contribution is 2.24. The Balaban J connectivity index is 1.36. The summed E-state index contributed by atoms with van der Waals surface area (Å²) >= 11 is 0. The van der Waals surface area contributed by atoms with Gasteiger partial charge in [0.2, 0.25) is 5.91 Å². The number of carbonyl (C=O) groups excluding carboxylic acids is 2. The molecule has 1 aromatic heterocycles. The first kappa shape index (κ1) is 20.0. The second kappa shape index (κ2) is 9.00. The van der Waals surface area contributed by atoms with Crippen LogP contribution in [0.4, 0.5) is 5.69 Å². The van der Waals surface area contributed by atoms with Crippen LogP contribution in [0.5, 0.6) is 5.75 Å². The van der Waals surface area contributed by atoms with Crippen molar-refractivity contribution >= 4 is 28.5 Å². The number of hydrogen-bond acceptors (Lipinski definition) is 5. The summed E-state index contributed by atoms with van der Waals surface area (Å²) < 4.78 is 16.1. The maximum atomic E-state index is 12.5. The van der Waals surface area contributed by atoms with Gasteiger partial charge in [-0.3, -0.25) is 9.59 Å². The van der Waals surface area contributed by atoms with Crippen LogP contribution in [-0.2, 0) is 16.0 Å². The first-order chi connectivity index (χ1) is 14.6. The highest BCUT2D eigenvalue weighted by Gasteiger charge is 2.23. The summed E-state index contributed by atoms with van der Waals surface area (Å²) in [5.41, 5.74) is 2.34. The van der Waals surface area contributed by atoms with Crippen molar-refractivity contribution in [1.29, 1.82) is 0 Å². The van der Waals surface area contributed by atoms with Crippen LogP contribution in [0.3, 0.4) is 0 Å². The van der Waals surface area contributed by atoms with Gasteiger partial charge in [0.05, 0.1) is 19.6 Å². The van der Waals surface area contributed by atoms with Gasteiger partial charge in [0, 0.05) is 24.2 Å². The summed E-state index contributed by atoms with van der Waals surface area (Å²) in [5.74, 6) is 0.590. The molecule has 0 saturated carbocycles. The molecule has 2 heterocycles. The van der Waals surface area contributed by atoms with Gasteiger partial charge in [-0.25, -0.2) is 0 Å². The summed E-state index contributed by atoms with van der Waals surface area (Å²) in [6, 6.07) is 14.8. The molecule has 1 aliphatic rings. The second-order valence-electron chi connectivity index (χ2n) is 7.27. The highest BCUT2D eigenvalue weighted by atomic mass is 16.5. The van der Waals surface area contributed by atoms with Gasteiger partial charge < -0.3 is 24.5 Å². The zero-order valence-corrected chi connectivity index (χ0v) is 16.8. The quantitative estimate of drug-likeness (QED) is 0.626. The van der Waals surface area contributed by atoms with E-state index in [4.69, 9.17) is 13.9 Å². The van der Waals surface area contributed by atoms with Crippen LogP contribution in [0.15, 0.2) is 52.9 Å². The fourth-order valence-electron chi connectivity index (χ4n) is 3.45. The van der Waals surface area contributed by atoms with Crippen molar-refractivity contribution in [2.24, 2.45) is 5.92 Å². The molecule has 0 spiro atoms. The standard InChI is InChI=1S/C23H24N2O5/c1-28-19-4-2-3-15(11-19)7-9-24-23(27)21-13-17-12-18(5-6-20(17)30-21)25-22(26)16-8-10-29-14-16/h2-6,11-13,16H,7-10,14H2,1H3,(H,24,27)(H,25,26). The lowest BCUT2D eigenvalue weighted by Crippen LogP contribution is -2.25. The average Bonchev–Trinajstić information content (AvgIpc) is 3.43. The van der Waals surface area contributed by atoms with E-state index in [9.17, 15) is 9.59 Å². The number of amides is 2. The molecule has 3 aromatic rings. The second-order valence-corrected chi connectivity index (χ2v) is 7.27. The van der Waals surface area contributed by atoms with E-state index in [-0.39, 0.29) is 23.5 Å². The van der Waals surface area contributed by atoms with E-state index >= 15 is 0 Å². The molecule has 0 radical (unpaired) electrons. The van der Waals surface area contributed by atoms with Gasteiger partial charge in [-0.1, -0.05) is 12.1 Å². The van der Waals surface area contributed by atoms with Crippen molar-refractivity contribution < 1.29 is 23.5 Å². The first-order valence-electron chi connectivity index (χ1n) is 9.96. The number of methoxy groups -OCH3 is 1. The predicted molar refractivity (Wildman–Crippen MR) is 113 cm³/mol. The Hall–Kier alpha value is -3.32. The molecule has 2 aromatic carbocycles. The molecule has 7 nitrogen and oxygen atoms in total. The Bertz CT molecular complexity index is 1050. The number of carbonyl (C=O) groups is 2. The van der Waals surface area contributed by atoms with E-state index in [1.54, 1.807) is 31.4 Å². The molecule has 0 bridgehead atoms. The zero-order chi connectivity index (χ0) is 20.9. The molecule has 156 valence electrons. The molecule has 2 N–H and O–H groups in total. The van der Waals surface area contributed by atoms with E-state index in [1.165, 1.54) is 0 Å². The Morgan fingerprint density at radius 1 is 1.17 bits per heavy atom. The van der Waals surface area contributed by atoms with Crippen LogP contribution < -0.4 is 15.4 Å². The monoisotopic (exact) mass is 408 g/mol. The summed E-state index contributed by atoms with van der Waals surface area (Å²) in [4.78, 5) is 24.7. The van der Waals surface area contributed by atoms with Crippen molar-refractivity contribution in [2.45, 2.75) is 12.8 Å². The molecule has 4 rings (SSSR count). The van der Waals surface area contributed by atoms with Gasteiger partial charge in [-0.15, -0.1) is 0 Å². The third-order valence-corrected chi connectivity index (χ3v) is 5.14. The van der Waals surface area contributed by atoms with Gasteiger partial charge in [-0.2, -0.15) is 0 Å².